The number of pyridine rings is 2. The Balaban J connectivity index is 2.12. The summed E-state index contributed by atoms with van der Waals surface area (Å²) in [6.45, 7) is 0. The lowest BCUT2D eigenvalue weighted by atomic mass is 10.2. The van der Waals surface area contributed by atoms with Gasteiger partial charge in [-0.25, -0.2) is 0 Å². The highest BCUT2D eigenvalue weighted by Gasteiger charge is 2.07. The summed E-state index contributed by atoms with van der Waals surface area (Å²) in [7, 11) is 0. The van der Waals surface area contributed by atoms with Gasteiger partial charge >= 0.3 is 0 Å². The first-order valence-electron chi connectivity index (χ1n) is 5.14. The fraction of sp³-hybridized carbons (Fsp3) is 0. The Kier molecular flexibility index (Phi) is 3.59. The normalized spacial score (nSPS) is 9.78. The summed E-state index contributed by atoms with van der Waals surface area (Å²) in [4.78, 5) is 20.0. The predicted octanol–water partition coefficient (Wildman–Crippen LogP) is 1.36. The van der Waals surface area contributed by atoms with Gasteiger partial charge in [-0.3, -0.25) is 14.8 Å². The Morgan fingerprint density at radius 2 is 2.11 bits per heavy atom. The minimum absolute atomic E-state index is 0.252. The van der Waals surface area contributed by atoms with Crippen molar-refractivity contribution < 1.29 is 4.79 Å². The minimum Gasteiger partial charge on any atom is -0.389 e. The Morgan fingerprint density at radius 1 is 1.28 bits per heavy atom. The van der Waals surface area contributed by atoms with E-state index >= 15 is 0 Å². The van der Waals surface area contributed by atoms with Gasteiger partial charge in [-0.15, -0.1) is 0 Å². The van der Waals surface area contributed by atoms with Crippen LogP contribution in [0, 0.1) is 0 Å². The van der Waals surface area contributed by atoms with E-state index in [-0.39, 0.29) is 10.9 Å². The fourth-order valence-corrected chi connectivity index (χ4v) is 1.43. The first kappa shape index (κ1) is 12.1. The van der Waals surface area contributed by atoms with E-state index in [0.29, 0.717) is 16.9 Å². The largest absolute Gasteiger partial charge is 0.389 e. The average Bonchev–Trinajstić information content (AvgIpc) is 2.40. The maximum absolute atomic E-state index is 11.8. The SMILES string of the molecule is NC(=S)c1ccc(C(=O)Nc2cccnc2)nc1. The molecule has 0 saturated heterocycles. The van der Waals surface area contributed by atoms with Gasteiger partial charge in [0, 0.05) is 18.0 Å². The number of anilines is 1. The summed E-state index contributed by atoms with van der Waals surface area (Å²) < 4.78 is 0. The number of carbonyl (C=O) groups is 1. The van der Waals surface area contributed by atoms with Gasteiger partial charge in [0.25, 0.3) is 5.91 Å². The maximum atomic E-state index is 11.8. The van der Waals surface area contributed by atoms with E-state index in [1.165, 1.54) is 6.20 Å². The number of hydrogen-bond acceptors (Lipinski definition) is 4. The molecule has 2 aromatic rings. The Morgan fingerprint density at radius 3 is 2.67 bits per heavy atom. The fourth-order valence-electron chi connectivity index (χ4n) is 1.31. The molecule has 0 saturated carbocycles. The summed E-state index contributed by atoms with van der Waals surface area (Å²) in [5.74, 6) is -0.308. The summed E-state index contributed by atoms with van der Waals surface area (Å²) in [5.41, 5.74) is 6.98. The molecule has 0 spiro atoms. The second-order valence-electron chi connectivity index (χ2n) is 3.49. The van der Waals surface area contributed by atoms with Crippen LogP contribution in [-0.2, 0) is 0 Å². The van der Waals surface area contributed by atoms with E-state index in [1.807, 2.05) is 0 Å². The highest BCUT2D eigenvalue weighted by molar-refractivity contribution is 7.80. The van der Waals surface area contributed by atoms with E-state index in [0.717, 1.165) is 0 Å². The number of carbonyl (C=O) groups excluding carboxylic acids is 1. The van der Waals surface area contributed by atoms with Crippen LogP contribution < -0.4 is 11.1 Å². The first-order valence-corrected chi connectivity index (χ1v) is 5.55. The lowest BCUT2D eigenvalue weighted by Gasteiger charge is -2.04. The van der Waals surface area contributed by atoms with Crippen molar-refractivity contribution in [1.82, 2.24) is 9.97 Å². The van der Waals surface area contributed by atoms with Crippen molar-refractivity contribution in [2.24, 2.45) is 5.73 Å². The zero-order valence-electron chi connectivity index (χ0n) is 9.33. The van der Waals surface area contributed by atoms with Crippen molar-refractivity contribution in [2.75, 3.05) is 5.32 Å². The Hall–Kier alpha value is -2.34. The topological polar surface area (TPSA) is 80.9 Å². The Bertz CT molecular complexity index is 568. The quantitative estimate of drug-likeness (QED) is 0.812. The number of amides is 1. The molecule has 2 heterocycles. The van der Waals surface area contributed by atoms with Crippen molar-refractivity contribution in [3.63, 3.8) is 0 Å². The van der Waals surface area contributed by atoms with Gasteiger partial charge < -0.3 is 11.1 Å². The molecule has 6 heteroatoms. The number of nitrogens with one attached hydrogen (secondary N) is 1. The molecule has 0 fully saturated rings. The third kappa shape index (κ3) is 2.86. The van der Waals surface area contributed by atoms with Crippen LogP contribution in [0.5, 0.6) is 0 Å². The number of thiocarbonyl (C=S) groups is 1. The van der Waals surface area contributed by atoms with Gasteiger partial charge in [0.2, 0.25) is 0 Å². The number of aromatic nitrogens is 2. The summed E-state index contributed by atoms with van der Waals surface area (Å²) in [5, 5.41) is 2.68. The van der Waals surface area contributed by atoms with Gasteiger partial charge in [-0.1, -0.05) is 12.2 Å². The van der Waals surface area contributed by atoms with Gasteiger partial charge in [-0.2, -0.15) is 0 Å². The highest BCUT2D eigenvalue weighted by atomic mass is 32.1. The zero-order chi connectivity index (χ0) is 13.0. The van der Waals surface area contributed by atoms with Crippen molar-refractivity contribution in [3.8, 4) is 0 Å². The molecule has 0 aliphatic carbocycles. The van der Waals surface area contributed by atoms with E-state index in [1.54, 1.807) is 36.7 Å². The van der Waals surface area contributed by atoms with Crippen molar-refractivity contribution in [1.29, 1.82) is 0 Å². The zero-order valence-corrected chi connectivity index (χ0v) is 10.1. The molecular weight excluding hydrogens is 248 g/mol. The molecule has 90 valence electrons. The molecule has 18 heavy (non-hydrogen) atoms. The number of hydrogen-bond donors (Lipinski definition) is 2. The summed E-state index contributed by atoms with van der Waals surface area (Å²) in [6.07, 6.45) is 4.66. The van der Waals surface area contributed by atoms with E-state index in [2.05, 4.69) is 15.3 Å². The van der Waals surface area contributed by atoms with E-state index < -0.39 is 0 Å². The first-order chi connectivity index (χ1) is 8.66. The molecule has 0 bridgehead atoms. The molecule has 3 N–H and O–H groups in total. The summed E-state index contributed by atoms with van der Waals surface area (Å²) >= 11 is 4.80. The van der Waals surface area contributed by atoms with Gasteiger partial charge in [-0.05, 0) is 24.3 Å². The molecule has 0 atom stereocenters. The van der Waals surface area contributed by atoms with Crippen molar-refractivity contribution in [3.05, 3.63) is 54.1 Å². The maximum Gasteiger partial charge on any atom is 0.274 e. The lowest BCUT2D eigenvalue weighted by molar-refractivity contribution is 0.102. The van der Waals surface area contributed by atoms with Crippen LogP contribution >= 0.6 is 12.2 Å². The number of rotatable bonds is 3. The van der Waals surface area contributed by atoms with Crippen LogP contribution in [0.25, 0.3) is 0 Å². The monoisotopic (exact) mass is 258 g/mol. The standard InChI is InChI=1S/C12H10N4OS/c13-11(18)8-3-4-10(15-6-8)12(17)16-9-2-1-5-14-7-9/h1-7H,(H2,13,18)(H,16,17). The van der Waals surface area contributed by atoms with Crippen molar-refractivity contribution in [2.45, 2.75) is 0 Å². The second-order valence-corrected chi connectivity index (χ2v) is 3.93. The molecule has 1 amide bonds. The minimum atomic E-state index is -0.308. The second kappa shape index (κ2) is 5.33. The Labute approximate surface area is 109 Å². The van der Waals surface area contributed by atoms with Crippen LogP contribution in [0.4, 0.5) is 5.69 Å². The van der Waals surface area contributed by atoms with Crippen LogP contribution in [-0.4, -0.2) is 20.9 Å². The number of nitrogens with zero attached hydrogens (tertiary/aromatic N) is 2. The lowest BCUT2D eigenvalue weighted by Crippen LogP contribution is -2.15. The van der Waals surface area contributed by atoms with Crippen LogP contribution in [0.15, 0.2) is 42.9 Å². The van der Waals surface area contributed by atoms with Gasteiger partial charge in [0.15, 0.2) is 0 Å². The third-order valence-electron chi connectivity index (χ3n) is 2.20. The smallest absolute Gasteiger partial charge is 0.274 e. The molecule has 5 nitrogen and oxygen atoms in total. The highest BCUT2D eigenvalue weighted by Crippen LogP contribution is 2.06. The molecule has 0 aliphatic rings. The molecule has 0 aliphatic heterocycles. The van der Waals surface area contributed by atoms with Crippen molar-refractivity contribution >= 4 is 28.8 Å². The summed E-state index contributed by atoms with van der Waals surface area (Å²) in [6, 6.07) is 6.71. The number of nitrogens with two attached hydrogens (primary N) is 1. The molecule has 2 rings (SSSR count). The predicted molar refractivity (Wildman–Crippen MR) is 72.3 cm³/mol. The molecule has 2 aromatic heterocycles. The van der Waals surface area contributed by atoms with Gasteiger partial charge in [0.05, 0.1) is 11.9 Å². The van der Waals surface area contributed by atoms with Gasteiger partial charge in [0.1, 0.15) is 10.7 Å². The van der Waals surface area contributed by atoms with Crippen LogP contribution in [0.1, 0.15) is 16.1 Å². The molecule has 0 radical (unpaired) electrons. The van der Waals surface area contributed by atoms with E-state index in [4.69, 9.17) is 18.0 Å². The average molecular weight is 258 g/mol. The van der Waals surface area contributed by atoms with Crippen LogP contribution in [0.3, 0.4) is 0 Å². The van der Waals surface area contributed by atoms with E-state index in [9.17, 15) is 4.79 Å². The third-order valence-corrected chi connectivity index (χ3v) is 2.44. The molecule has 0 unspecified atom stereocenters. The molecular formula is C12H10N4OS. The molecule has 0 aromatic carbocycles. The van der Waals surface area contributed by atoms with Crippen LogP contribution in [0.2, 0.25) is 0 Å².